The van der Waals surface area contributed by atoms with E-state index in [9.17, 15) is 8.42 Å². The molecule has 4 rings (SSSR count). The quantitative estimate of drug-likeness (QED) is 0.678. The molecule has 1 fully saturated rings. The minimum absolute atomic E-state index is 0.213. The molecule has 10 heteroatoms. The van der Waals surface area contributed by atoms with Gasteiger partial charge in [0.2, 0.25) is 10.0 Å². The Morgan fingerprint density at radius 2 is 1.88 bits per heavy atom. The highest BCUT2D eigenvalue weighted by Crippen LogP contribution is 2.31. The van der Waals surface area contributed by atoms with Gasteiger partial charge in [-0.15, -0.1) is 9.73 Å². The van der Waals surface area contributed by atoms with Gasteiger partial charge in [-0.1, -0.05) is 0 Å². The van der Waals surface area contributed by atoms with Gasteiger partial charge in [-0.3, -0.25) is 4.68 Å². The number of piperidine rings is 1. The first-order valence-corrected chi connectivity index (χ1v) is 9.98. The van der Waals surface area contributed by atoms with Crippen LogP contribution >= 0.6 is 0 Å². The Hall–Kier alpha value is -2.33. The van der Waals surface area contributed by atoms with Crippen molar-refractivity contribution in [3.63, 3.8) is 0 Å². The number of aryl methyl sites for hydroxylation is 3. The normalized spacial score (nSPS) is 17.2. The Kier molecular flexibility index (Phi) is 4.03. The Morgan fingerprint density at radius 3 is 2.54 bits per heavy atom. The number of aromatic nitrogens is 6. The van der Waals surface area contributed by atoms with E-state index >= 15 is 0 Å². The smallest absolute Gasteiger partial charge is 0.246 e. The lowest BCUT2D eigenvalue weighted by molar-refractivity contribution is 0.314. The van der Waals surface area contributed by atoms with Crippen molar-refractivity contribution in [2.75, 3.05) is 13.1 Å². The predicted molar refractivity (Wildman–Crippen MR) is 94.2 cm³/mol. The van der Waals surface area contributed by atoms with Gasteiger partial charge in [-0.25, -0.2) is 13.4 Å². The predicted octanol–water partition coefficient (Wildman–Crippen LogP) is 1.04. The van der Waals surface area contributed by atoms with Crippen molar-refractivity contribution >= 4 is 15.7 Å². The maximum absolute atomic E-state index is 12.9. The van der Waals surface area contributed by atoms with E-state index in [0.717, 1.165) is 29.7 Å². The van der Waals surface area contributed by atoms with Crippen molar-refractivity contribution in [3.05, 3.63) is 35.5 Å². The second-order valence-electron chi connectivity index (χ2n) is 6.75. The molecule has 0 saturated carbocycles. The summed E-state index contributed by atoms with van der Waals surface area (Å²) in [6.45, 7) is 4.68. The van der Waals surface area contributed by atoms with Crippen LogP contribution in [0.1, 0.15) is 35.7 Å². The van der Waals surface area contributed by atoms with Crippen LogP contribution in [0.5, 0.6) is 0 Å². The van der Waals surface area contributed by atoms with Crippen LogP contribution < -0.4 is 0 Å². The minimum atomic E-state index is -3.51. The SMILES string of the molecule is Cc1cc2ncnn2nc1C1CCN(S(=O)(=O)c2cn(C)nc2C)CC1. The molecule has 3 aromatic rings. The maximum Gasteiger partial charge on any atom is 0.246 e. The summed E-state index contributed by atoms with van der Waals surface area (Å²) in [6, 6.07) is 1.97. The van der Waals surface area contributed by atoms with Crippen LogP contribution in [0.25, 0.3) is 5.65 Å². The Labute approximate surface area is 151 Å². The molecule has 9 nitrogen and oxygen atoms in total. The molecule has 1 saturated heterocycles. The van der Waals surface area contributed by atoms with E-state index in [2.05, 4.69) is 20.3 Å². The molecule has 1 aliphatic rings. The van der Waals surface area contributed by atoms with E-state index in [-0.39, 0.29) is 10.8 Å². The van der Waals surface area contributed by atoms with Gasteiger partial charge >= 0.3 is 0 Å². The summed E-state index contributed by atoms with van der Waals surface area (Å²) < 4.78 is 30.4. The second kappa shape index (κ2) is 6.13. The van der Waals surface area contributed by atoms with Crippen LogP contribution in [0.4, 0.5) is 0 Å². The van der Waals surface area contributed by atoms with Gasteiger partial charge in [0.25, 0.3) is 0 Å². The molecule has 0 atom stereocenters. The third-order valence-corrected chi connectivity index (χ3v) is 6.94. The van der Waals surface area contributed by atoms with Gasteiger partial charge in [0.05, 0.1) is 11.4 Å². The summed E-state index contributed by atoms with van der Waals surface area (Å²) >= 11 is 0. The third kappa shape index (κ3) is 2.78. The molecule has 0 bridgehead atoms. The lowest BCUT2D eigenvalue weighted by Crippen LogP contribution is -2.38. The van der Waals surface area contributed by atoms with Gasteiger partial charge < -0.3 is 0 Å². The molecule has 4 heterocycles. The molecule has 0 N–H and O–H groups in total. The Morgan fingerprint density at radius 1 is 1.15 bits per heavy atom. The molecular formula is C16H21N7O2S. The maximum atomic E-state index is 12.9. The fourth-order valence-corrected chi connectivity index (χ4v) is 5.28. The first-order chi connectivity index (χ1) is 12.4. The molecular weight excluding hydrogens is 354 g/mol. The highest BCUT2D eigenvalue weighted by atomic mass is 32.2. The molecule has 0 aromatic carbocycles. The van der Waals surface area contributed by atoms with Crippen LogP contribution in [0.3, 0.4) is 0 Å². The first kappa shape index (κ1) is 17.1. The van der Waals surface area contributed by atoms with Gasteiger partial charge in [0, 0.05) is 32.3 Å². The largest absolute Gasteiger partial charge is 0.274 e. The molecule has 3 aromatic heterocycles. The molecule has 1 aliphatic heterocycles. The number of fused-ring (bicyclic) bond motifs is 1. The minimum Gasteiger partial charge on any atom is -0.274 e. The van der Waals surface area contributed by atoms with Crippen molar-refractivity contribution in [2.45, 2.75) is 37.5 Å². The van der Waals surface area contributed by atoms with E-state index in [4.69, 9.17) is 0 Å². The lowest BCUT2D eigenvalue weighted by Gasteiger charge is -2.31. The van der Waals surface area contributed by atoms with E-state index < -0.39 is 10.0 Å². The molecule has 0 radical (unpaired) electrons. The number of nitrogens with zero attached hydrogens (tertiary/aromatic N) is 7. The van der Waals surface area contributed by atoms with Gasteiger partial charge in [0.1, 0.15) is 11.2 Å². The van der Waals surface area contributed by atoms with E-state index in [1.54, 1.807) is 24.5 Å². The van der Waals surface area contributed by atoms with Gasteiger partial charge in [-0.2, -0.15) is 14.5 Å². The fraction of sp³-hybridized carbons (Fsp3) is 0.500. The summed E-state index contributed by atoms with van der Waals surface area (Å²) in [5, 5.41) is 12.8. The zero-order chi connectivity index (χ0) is 18.5. The average molecular weight is 375 g/mol. The van der Waals surface area contributed by atoms with Crippen LogP contribution in [0.15, 0.2) is 23.5 Å². The lowest BCUT2D eigenvalue weighted by atomic mass is 9.92. The summed E-state index contributed by atoms with van der Waals surface area (Å²) in [5.74, 6) is 0.213. The molecule has 0 spiro atoms. The van der Waals surface area contributed by atoms with Crippen molar-refractivity contribution in [3.8, 4) is 0 Å². The topological polar surface area (TPSA) is 98.3 Å². The van der Waals surface area contributed by atoms with Crippen molar-refractivity contribution < 1.29 is 8.42 Å². The number of sulfonamides is 1. The zero-order valence-electron chi connectivity index (χ0n) is 15.0. The molecule has 0 unspecified atom stereocenters. The number of hydrogen-bond acceptors (Lipinski definition) is 6. The first-order valence-electron chi connectivity index (χ1n) is 8.54. The monoisotopic (exact) mass is 375 g/mol. The second-order valence-corrected chi connectivity index (χ2v) is 8.66. The van der Waals surface area contributed by atoms with Crippen LogP contribution in [-0.4, -0.2) is 55.4 Å². The van der Waals surface area contributed by atoms with Crippen molar-refractivity contribution in [1.82, 2.24) is 33.9 Å². The van der Waals surface area contributed by atoms with E-state index in [1.165, 1.54) is 15.6 Å². The zero-order valence-corrected chi connectivity index (χ0v) is 15.8. The summed E-state index contributed by atoms with van der Waals surface area (Å²) in [6.07, 6.45) is 4.51. The van der Waals surface area contributed by atoms with E-state index in [0.29, 0.717) is 18.8 Å². The summed E-state index contributed by atoms with van der Waals surface area (Å²) in [4.78, 5) is 4.44. The Balaban J connectivity index is 1.55. The van der Waals surface area contributed by atoms with Crippen LogP contribution in [0, 0.1) is 13.8 Å². The average Bonchev–Trinajstić information content (AvgIpc) is 3.19. The summed E-state index contributed by atoms with van der Waals surface area (Å²) in [7, 11) is -1.78. The Bertz CT molecular complexity index is 1060. The molecule has 26 heavy (non-hydrogen) atoms. The van der Waals surface area contributed by atoms with Crippen molar-refractivity contribution in [2.24, 2.45) is 7.05 Å². The van der Waals surface area contributed by atoms with Crippen LogP contribution in [-0.2, 0) is 17.1 Å². The highest BCUT2D eigenvalue weighted by molar-refractivity contribution is 7.89. The van der Waals surface area contributed by atoms with Crippen molar-refractivity contribution in [1.29, 1.82) is 0 Å². The number of hydrogen-bond donors (Lipinski definition) is 0. The van der Waals surface area contributed by atoms with Gasteiger partial charge in [-0.05, 0) is 38.3 Å². The fourth-order valence-electron chi connectivity index (χ4n) is 3.61. The number of rotatable bonds is 3. The third-order valence-electron chi connectivity index (χ3n) is 4.93. The standard InChI is InChI=1S/C16H21N7O2S/c1-11-8-15-17-10-18-23(15)20-16(11)13-4-6-22(7-5-13)26(24,25)14-9-21(3)19-12(14)2/h8-10,13H,4-7H2,1-3H3. The highest BCUT2D eigenvalue weighted by Gasteiger charge is 2.33. The molecule has 138 valence electrons. The van der Waals surface area contributed by atoms with E-state index in [1.807, 2.05) is 13.0 Å². The van der Waals surface area contributed by atoms with Gasteiger partial charge in [0.15, 0.2) is 5.65 Å². The van der Waals surface area contributed by atoms with Crippen LogP contribution in [0.2, 0.25) is 0 Å². The molecule has 0 aliphatic carbocycles. The summed E-state index contributed by atoms with van der Waals surface area (Å²) in [5.41, 5.74) is 3.29. The molecule has 0 amide bonds.